The lowest BCUT2D eigenvalue weighted by atomic mass is 9.93. The van der Waals surface area contributed by atoms with Crippen LogP contribution in [0.4, 0.5) is 34.1 Å². The van der Waals surface area contributed by atoms with Crippen LogP contribution in [0.1, 0.15) is 20.7 Å². The number of nitrogen functional groups attached to an aromatic ring is 1. The summed E-state index contributed by atoms with van der Waals surface area (Å²) in [6.45, 7) is 2.41. The second-order valence-corrected chi connectivity index (χ2v) is 31.8. The lowest BCUT2D eigenvalue weighted by molar-refractivity contribution is -0.0000321. The third-order valence-corrected chi connectivity index (χ3v) is 24.6. The minimum absolute atomic E-state index is 0. The molecule has 0 aromatic heterocycles. The fourth-order valence-corrected chi connectivity index (χ4v) is 18.4. The Labute approximate surface area is 657 Å². The Morgan fingerprint density at radius 2 is 0.565 bits per heavy atom. The molecule has 0 aliphatic rings. The molecule has 5 nitrogen and oxygen atoms in total. The fraction of sp³-hybridized carbons (Fsp3) is 0.0101. The summed E-state index contributed by atoms with van der Waals surface area (Å²) in [7, 11) is -1.53. The molecule has 3 N–H and O–H groups in total. The van der Waals surface area contributed by atoms with E-state index in [0.29, 0.717) is 11.1 Å². The monoisotopic (exact) mass is 1600 g/mol. The largest absolute Gasteiger partial charge is 1.00 e. The van der Waals surface area contributed by atoms with Crippen molar-refractivity contribution in [2.24, 2.45) is 0 Å². The SMILES string of the molecule is Brc1cc2ccc3cccc4ccc(c1)c2c34.C[P+](c1ccccc1)(c1ccccc1)c1ccccc1.Nc1ccccc1.O=Cc1ccc(Br)cc1.O=Cc1ccc(N(c2ccccc2)c2cc3ccc4cccc5ccc(c2)c3c45)cc1.[Br-].c1ccc(Nc2cc3ccc4cccc5ccc(c2)c3c45)cc1. The number of nitrogens with zero attached hydrogens (tertiary/aromatic N) is 1. The van der Waals surface area contributed by atoms with Gasteiger partial charge in [0.05, 0.1) is 6.66 Å². The molecule has 0 radical (unpaired) electrons. The Hall–Kier alpha value is -11.9. The van der Waals surface area contributed by atoms with Gasteiger partial charge in [0.1, 0.15) is 35.7 Å². The minimum Gasteiger partial charge on any atom is -1.00 e. The number of halogens is 3. The standard InChI is InChI=1S/C29H19NO.C22H15N.C19H18P.C16H9Br.C7H5BrO.C6H7N.BrH/c31-19-20-9-15-26(16-10-20)30(25-7-2-1-3-8-25)27-17-23-13-11-21-5-4-6-22-12-14-24(18-27)29(23)28(21)22;1-2-7-19(8-3-1)23-20-13-17-11-9-15-5-4-6-16-10-12-18(14-20)22(17)21(15)16;1-20(17-11-5-2-6-12-17,18-13-7-3-8-14-18)19-15-9-4-10-16-19;17-14-8-12-6-4-10-2-1-3-11-5-7-13(9-14)16(12)15(10)11;8-7-3-1-6(5-9)2-4-7;7-6-4-2-1-3-5-6;/h1-19H;1-14,23H;2-16H,1H3;1-9H;1-5H;1-5H,7H2;1H/q;;+1;;;;/p-1. The second-order valence-electron chi connectivity index (χ2n) is 26.4. The van der Waals surface area contributed by atoms with Gasteiger partial charge in [-0.2, -0.15) is 0 Å². The maximum absolute atomic E-state index is 11.1. The first kappa shape index (κ1) is 73.0. The summed E-state index contributed by atoms with van der Waals surface area (Å²) in [4.78, 5) is 23.5. The molecular formula is C99H73Br3N3O2P. The van der Waals surface area contributed by atoms with Gasteiger partial charge in [-0.3, -0.25) is 9.59 Å². The smallest absolute Gasteiger partial charge is 0.150 e. The number of hydrogen-bond donors (Lipinski definition) is 2. The van der Waals surface area contributed by atoms with Crippen molar-refractivity contribution in [2.75, 3.05) is 22.6 Å². The van der Waals surface area contributed by atoms with E-state index >= 15 is 0 Å². The minimum atomic E-state index is -1.53. The Morgan fingerprint density at radius 3 is 0.907 bits per heavy atom. The van der Waals surface area contributed by atoms with Crippen LogP contribution in [0.25, 0.3) is 97.0 Å². The summed E-state index contributed by atoms with van der Waals surface area (Å²) < 4.78 is 2.14. The number of benzene rings is 20. The van der Waals surface area contributed by atoms with Crippen LogP contribution in [-0.2, 0) is 0 Å². The van der Waals surface area contributed by atoms with Gasteiger partial charge in [-0.25, -0.2) is 0 Å². The van der Waals surface area contributed by atoms with Crippen LogP contribution in [0, 0.1) is 0 Å². The maximum atomic E-state index is 11.1. The molecule has 522 valence electrons. The van der Waals surface area contributed by atoms with Crippen LogP contribution < -0.4 is 48.8 Å². The van der Waals surface area contributed by atoms with Crippen molar-refractivity contribution < 1.29 is 26.6 Å². The van der Waals surface area contributed by atoms with E-state index in [0.717, 1.165) is 55.6 Å². The molecule has 20 aromatic carbocycles. The van der Waals surface area contributed by atoms with Gasteiger partial charge in [0.2, 0.25) is 0 Å². The molecule has 0 aliphatic heterocycles. The molecule has 0 amide bonds. The van der Waals surface area contributed by atoms with E-state index in [2.05, 4.69) is 328 Å². The van der Waals surface area contributed by atoms with Gasteiger partial charge in [-0.15, -0.1) is 0 Å². The van der Waals surface area contributed by atoms with E-state index in [4.69, 9.17) is 5.73 Å². The van der Waals surface area contributed by atoms with Crippen molar-refractivity contribution in [2.45, 2.75) is 0 Å². The zero-order valence-electron chi connectivity index (χ0n) is 59.1. The Bertz CT molecular complexity index is 6070. The lowest BCUT2D eigenvalue weighted by Crippen LogP contribution is -3.00. The van der Waals surface area contributed by atoms with Crippen molar-refractivity contribution in [3.63, 3.8) is 0 Å². The highest BCUT2D eigenvalue weighted by atomic mass is 79.9. The quantitative estimate of drug-likeness (QED) is 0.0618. The van der Waals surface area contributed by atoms with Crippen molar-refractivity contribution in [1.82, 2.24) is 0 Å². The maximum Gasteiger partial charge on any atom is 0.150 e. The topological polar surface area (TPSA) is 75.4 Å². The van der Waals surface area contributed by atoms with Crippen LogP contribution in [0.15, 0.2) is 403 Å². The average Bonchev–Trinajstić information content (AvgIpc) is 0.750. The molecule has 0 unspecified atom stereocenters. The van der Waals surface area contributed by atoms with Crippen molar-refractivity contribution >= 4 is 199 Å². The van der Waals surface area contributed by atoms with Crippen LogP contribution in [0.2, 0.25) is 0 Å². The zero-order valence-corrected chi connectivity index (χ0v) is 64.8. The number of hydrogen-bond acceptors (Lipinski definition) is 5. The summed E-state index contributed by atoms with van der Waals surface area (Å²) in [5.74, 6) is 0. The van der Waals surface area contributed by atoms with Gasteiger partial charge in [0.25, 0.3) is 0 Å². The first-order valence-electron chi connectivity index (χ1n) is 35.5. The highest BCUT2D eigenvalue weighted by Crippen LogP contribution is 2.51. The van der Waals surface area contributed by atoms with Gasteiger partial charge in [-0.05, 0) is 243 Å². The summed E-state index contributed by atoms with van der Waals surface area (Å²) in [6.07, 6.45) is 1.71. The van der Waals surface area contributed by atoms with E-state index in [1.807, 2.05) is 103 Å². The normalized spacial score (nSPS) is 11.0. The summed E-state index contributed by atoms with van der Waals surface area (Å²) in [5, 5.41) is 31.3. The van der Waals surface area contributed by atoms with Gasteiger partial charge >= 0.3 is 0 Å². The highest BCUT2D eigenvalue weighted by molar-refractivity contribution is 9.10. The Morgan fingerprint density at radius 1 is 0.278 bits per heavy atom. The highest BCUT2D eigenvalue weighted by Gasteiger charge is 2.39. The van der Waals surface area contributed by atoms with Crippen LogP contribution >= 0.6 is 39.1 Å². The Kier molecular flexibility index (Phi) is 22.8. The zero-order chi connectivity index (χ0) is 73.1. The third kappa shape index (κ3) is 16.0. The fourth-order valence-electron chi connectivity index (χ4n) is 14.4. The van der Waals surface area contributed by atoms with Gasteiger partial charge in [0, 0.05) is 54.2 Å². The number of aldehydes is 2. The molecule has 0 spiro atoms. The van der Waals surface area contributed by atoms with E-state index in [1.54, 1.807) is 12.1 Å². The van der Waals surface area contributed by atoms with E-state index in [-0.39, 0.29) is 17.0 Å². The molecule has 20 rings (SSSR count). The molecule has 0 saturated heterocycles. The van der Waals surface area contributed by atoms with Crippen molar-refractivity contribution in [1.29, 1.82) is 0 Å². The molecule has 20 aromatic rings. The van der Waals surface area contributed by atoms with Gasteiger partial charge in [-0.1, -0.05) is 281 Å². The van der Waals surface area contributed by atoms with Gasteiger partial charge in [0.15, 0.2) is 0 Å². The first-order valence-corrected chi connectivity index (χ1v) is 39.3. The summed E-state index contributed by atoms with van der Waals surface area (Å²) in [6, 6.07) is 137. The molecule has 0 atom stereocenters. The van der Waals surface area contributed by atoms with E-state index < -0.39 is 7.26 Å². The molecule has 0 aliphatic carbocycles. The van der Waals surface area contributed by atoms with Gasteiger partial charge < -0.3 is 32.9 Å². The molecule has 0 heterocycles. The van der Waals surface area contributed by atoms with Crippen molar-refractivity contribution in [3.8, 4) is 0 Å². The second kappa shape index (κ2) is 33.7. The predicted molar refractivity (Wildman–Crippen MR) is 469 cm³/mol. The number of para-hydroxylation sites is 3. The molecule has 9 heteroatoms. The average molecular weight is 1610 g/mol. The Balaban J connectivity index is 0.000000114. The lowest BCUT2D eigenvalue weighted by Gasteiger charge is -2.26. The molecule has 0 bridgehead atoms. The number of carbonyl (C=O) groups is 2. The van der Waals surface area contributed by atoms with E-state index in [1.165, 1.54) is 113 Å². The van der Waals surface area contributed by atoms with Crippen LogP contribution in [0.5, 0.6) is 0 Å². The van der Waals surface area contributed by atoms with Crippen molar-refractivity contribution in [3.05, 3.63) is 414 Å². The summed E-state index contributed by atoms with van der Waals surface area (Å²) >= 11 is 6.83. The number of carbonyl (C=O) groups excluding carboxylic acids is 2. The number of nitrogens with one attached hydrogen (secondary N) is 1. The molecule has 108 heavy (non-hydrogen) atoms. The van der Waals surface area contributed by atoms with Crippen LogP contribution in [-0.4, -0.2) is 19.2 Å². The molecular weight excluding hydrogens is 1530 g/mol. The number of rotatable bonds is 10. The third-order valence-electron chi connectivity index (χ3n) is 19.6. The van der Waals surface area contributed by atoms with Crippen LogP contribution in [0.3, 0.4) is 0 Å². The first-order chi connectivity index (χ1) is 52.6. The molecule has 0 saturated carbocycles. The van der Waals surface area contributed by atoms with E-state index in [9.17, 15) is 9.59 Å². The summed E-state index contributed by atoms with van der Waals surface area (Å²) in [5.41, 5.74) is 13.0. The number of nitrogens with two attached hydrogens (primary N) is 1. The molecule has 0 fully saturated rings. The predicted octanol–water partition coefficient (Wildman–Crippen LogP) is 23.7. The number of anilines is 6.